The van der Waals surface area contributed by atoms with Crippen LogP contribution in [0.25, 0.3) is 0 Å². The Bertz CT molecular complexity index is 398. The lowest BCUT2D eigenvalue weighted by Crippen LogP contribution is -2.39. The molecule has 0 aliphatic carbocycles. The molecule has 2 rings (SSSR count). The van der Waals surface area contributed by atoms with Crippen molar-refractivity contribution in [3.05, 3.63) is 23.9 Å². The lowest BCUT2D eigenvalue weighted by Gasteiger charge is -2.27. The highest BCUT2D eigenvalue weighted by Crippen LogP contribution is 2.25. The molecule has 0 bridgehead atoms. The summed E-state index contributed by atoms with van der Waals surface area (Å²) >= 11 is 0. The fourth-order valence-corrected chi connectivity index (χ4v) is 2.03. The van der Waals surface area contributed by atoms with E-state index in [0.29, 0.717) is 0 Å². The van der Waals surface area contributed by atoms with Gasteiger partial charge in [-0.05, 0) is 18.6 Å². The molecule has 2 unspecified atom stereocenters. The van der Waals surface area contributed by atoms with Crippen LogP contribution >= 0.6 is 0 Å². The van der Waals surface area contributed by atoms with Crippen molar-refractivity contribution in [2.75, 3.05) is 6.61 Å². The van der Waals surface area contributed by atoms with Gasteiger partial charge in [0.05, 0.1) is 18.7 Å². The molecule has 0 radical (unpaired) electrons. The van der Waals surface area contributed by atoms with Crippen LogP contribution in [0.1, 0.15) is 13.3 Å². The van der Waals surface area contributed by atoms with Crippen molar-refractivity contribution in [2.45, 2.75) is 25.4 Å². The van der Waals surface area contributed by atoms with Gasteiger partial charge in [0.2, 0.25) is 5.91 Å². The maximum absolute atomic E-state index is 11.0. The fourth-order valence-electron chi connectivity index (χ4n) is 2.03. The highest BCUT2D eigenvalue weighted by molar-refractivity contribution is 5.97. The molecule has 16 heavy (non-hydrogen) atoms. The second-order valence-corrected chi connectivity index (χ2v) is 4.07. The smallest absolute Gasteiger partial charge is 0.219 e. The summed E-state index contributed by atoms with van der Waals surface area (Å²) < 4.78 is 0. The predicted octanol–water partition coefficient (Wildman–Crippen LogP) is -0.221. The number of carbonyl (C=O) groups is 1. The minimum absolute atomic E-state index is 0.0159. The number of hydrogen-bond donors (Lipinski definition) is 2. The molecule has 0 aromatic carbocycles. The topological polar surface area (TPSA) is 78.9 Å². The first-order chi connectivity index (χ1) is 7.61. The van der Waals surface area contributed by atoms with Crippen LogP contribution in [-0.2, 0) is 4.79 Å². The number of aliphatic hydroxyl groups is 1. The monoisotopic (exact) mass is 221 g/mol. The number of fused-ring (bicyclic) bond motifs is 1. The average molecular weight is 221 g/mol. The van der Waals surface area contributed by atoms with Crippen molar-refractivity contribution in [1.82, 2.24) is 4.90 Å². The Morgan fingerprint density at radius 1 is 1.62 bits per heavy atom. The van der Waals surface area contributed by atoms with E-state index in [1.807, 2.05) is 30.2 Å². The Labute approximate surface area is 93.9 Å². The lowest BCUT2D eigenvalue weighted by atomic mass is 10.1. The molecule has 2 atom stereocenters. The highest BCUT2D eigenvalue weighted by atomic mass is 16.3. The second kappa shape index (κ2) is 4.09. The number of primary amides is 1. The Hall–Kier alpha value is -1.62. The zero-order valence-electron chi connectivity index (χ0n) is 9.13. The summed E-state index contributed by atoms with van der Waals surface area (Å²) in [6.07, 6.45) is 5.78. The molecular weight excluding hydrogens is 206 g/mol. The summed E-state index contributed by atoms with van der Waals surface area (Å²) in [5.74, 6) is 0.498. The summed E-state index contributed by atoms with van der Waals surface area (Å²) in [6.45, 7) is 1.94. The molecule has 3 N–H and O–H groups in total. The Balaban J connectivity index is 2.22. The number of amidine groups is 1. The molecule has 0 aromatic heterocycles. The Morgan fingerprint density at radius 3 is 3.00 bits per heavy atom. The van der Waals surface area contributed by atoms with Gasteiger partial charge in [-0.1, -0.05) is 6.08 Å². The Kier molecular flexibility index (Phi) is 2.78. The van der Waals surface area contributed by atoms with Gasteiger partial charge in [-0.3, -0.25) is 9.79 Å². The number of rotatable bonds is 3. The highest BCUT2D eigenvalue weighted by Gasteiger charge is 2.33. The summed E-state index contributed by atoms with van der Waals surface area (Å²) in [7, 11) is 0. The zero-order chi connectivity index (χ0) is 11.7. The second-order valence-electron chi connectivity index (χ2n) is 4.07. The molecule has 5 heteroatoms. The molecule has 0 saturated carbocycles. The third kappa shape index (κ3) is 1.86. The average Bonchev–Trinajstić information content (AvgIpc) is 2.54. The van der Waals surface area contributed by atoms with Gasteiger partial charge in [0, 0.05) is 12.6 Å². The molecule has 0 fully saturated rings. The van der Waals surface area contributed by atoms with Crippen LogP contribution in [0.15, 0.2) is 28.9 Å². The van der Waals surface area contributed by atoms with Crippen molar-refractivity contribution < 1.29 is 9.90 Å². The molecule has 2 heterocycles. The summed E-state index contributed by atoms with van der Waals surface area (Å²) in [4.78, 5) is 17.3. The van der Waals surface area contributed by atoms with E-state index in [0.717, 1.165) is 11.4 Å². The van der Waals surface area contributed by atoms with Crippen molar-refractivity contribution >= 4 is 11.7 Å². The number of nitrogens with two attached hydrogens (primary N) is 1. The number of nitrogens with zero attached hydrogens (tertiary/aromatic N) is 2. The maximum atomic E-state index is 11.0. The Morgan fingerprint density at radius 2 is 2.38 bits per heavy atom. The SMILES string of the molecule is CC1N=C2C=CC(CO)=CN2C1CC(N)=O. The lowest BCUT2D eigenvalue weighted by molar-refractivity contribution is -0.118. The summed E-state index contributed by atoms with van der Waals surface area (Å²) in [6, 6.07) is 0.0143. The minimum Gasteiger partial charge on any atom is -0.392 e. The van der Waals surface area contributed by atoms with E-state index in [1.165, 1.54) is 0 Å². The number of hydrogen-bond acceptors (Lipinski definition) is 4. The normalized spacial score (nSPS) is 27.5. The zero-order valence-corrected chi connectivity index (χ0v) is 9.13. The molecule has 0 spiro atoms. The van der Waals surface area contributed by atoms with Crippen LogP contribution in [-0.4, -0.2) is 40.4 Å². The fraction of sp³-hybridized carbons (Fsp3) is 0.455. The quantitative estimate of drug-likeness (QED) is 0.691. The molecule has 86 valence electrons. The van der Waals surface area contributed by atoms with Crippen molar-refractivity contribution in [2.24, 2.45) is 10.7 Å². The predicted molar refractivity (Wildman–Crippen MR) is 60.6 cm³/mol. The third-order valence-corrected chi connectivity index (χ3v) is 2.86. The molecule has 5 nitrogen and oxygen atoms in total. The molecule has 1 amide bonds. The van der Waals surface area contributed by atoms with E-state index in [4.69, 9.17) is 10.8 Å². The van der Waals surface area contributed by atoms with Gasteiger partial charge in [0.1, 0.15) is 5.84 Å². The largest absolute Gasteiger partial charge is 0.392 e. The van der Waals surface area contributed by atoms with E-state index in [1.54, 1.807) is 0 Å². The van der Waals surface area contributed by atoms with Crippen LogP contribution in [0.2, 0.25) is 0 Å². The standard InChI is InChI=1S/C11H15N3O2/c1-7-9(4-10(12)16)14-5-8(6-15)2-3-11(14)13-7/h2-3,5,7,9,15H,4,6H2,1H3,(H2,12,16). The van der Waals surface area contributed by atoms with Gasteiger partial charge < -0.3 is 15.7 Å². The van der Waals surface area contributed by atoms with Gasteiger partial charge >= 0.3 is 0 Å². The van der Waals surface area contributed by atoms with Gasteiger partial charge in [0.15, 0.2) is 0 Å². The first-order valence-electron chi connectivity index (χ1n) is 5.26. The summed E-state index contributed by atoms with van der Waals surface area (Å²) in [5, 5.41) is 9.07. The third-order valence-electron chi connectivity index (χ3n) is 2.86. The van der Waals surface area contributed by atoms with E-state index >= 15 is 0 Å². The van der Waals surface area contributed by atoms with Gasteiger partial charge in [-0.25, -0.2) is 0 Å². The van der Waals surface area contributed by atoms with Crippen molar-refractivity contribution in [1.29, 1.82) is 0 Å². The molecule has 2 aliphatic rings. The van der Waals surface area contributed by atoms with Crippen LogP contribution in [0.4, 0.5) is 0 Å². The first kappa shape index (κ1) is 10.9. The van der Waals surface area contributed by atoms with Crippen LogP contribution in [0.5, 0.6) is 0 Å². The van der Waals surface area contributed by atoms with E-state index in [-0.39, 0.29) is 31.0 Å². The van der Waals surface area contributed by atoms with Gasteiger partial charge in [0.25, 0.3) is 0 Å². The minimum atomic E-state index is -0.332. The summed E-state index contributed by atoms with van der Waals surface area (Å²) in [5.41, 5.74) is 6.03. The molecule has 0 aromatic rings. The van der Waals surface area contributed by atoms with Crippen LogP contribution < -0.4 is 5.73 Å². The van der Waals surface area contributed by atoms with E-state index in [2.05, 4.69) is 4.99 Å². The van der Waals surface area contributed by atoms with Crippen LogP contribution in [0, 0.1) is 0 Å². The number of amides is 1. The molecular formula is C11H15N3O2. The molecule has 0 saturated heterocycles. The van der Waals surface area contributed by atoms with Crippen LogP contribution in [0.3, 0.4) is 0 Å². The molecule has 2 aliphatic heterocycles. The van der Waals surface area contributed by atoms with E-state index in [9.17, 15) is 4.79 Å². The van der Waals surface area contributed by atoms with Crippen molar-refractivity contribution in [3.8, 4) is 0 Å². The number of aliphatic imine (C=N–C) groups is 1. The van der Waals surface area contributed by atoms with E-state index < -0.39 is 0 Å². The van der Waals surface area contributed by atoms with Gasteiger partial charge in [-0.15, -0.1) is 0 Å². The van der Waals surface area contributed by atoms with Crippen molar-refractivity contribution in [3.63, 3.8) is 0 Å². The first-order valence-corrected chi connectivity index (χ1v) is 5.26. The van der Waals surface area contributed by atoms with Gasteiger partial charge in [-0.2, -0.15) is 0 Å². The number of aliphatic hydroxyl groups excluding tert-OH is 1. The maximum Gasteiger partial charge on any atom is 0.219 e. The number of carbonyl (C=O) groups excluding carboxylic acids is 1.